The molecule has 0 bridgehead atoms. The number of amides is 2. The monoisotopic (exact) mass is 388 g/mol. The van der Waals surface area contributed by atoms with Gasteiger partial charge in [0, 0.05) is 6.07 Å². The summed E-state index contributed by atoms with van der Waals surface area (Å²) < 4.78 is 17.1. The molecule has 3 aliphatic rings. The normalized spacial score (nSPS) is 21.5. The Morgan fingerprint density at radius 1 is 1.32 bits per heavy atom. The van der Waals surface area contributed by atoms with Gasteiger partial charge >= 0.3 is 6.09 Å². The highest BCUT2D eigenvalue weighted by Gasteiger charge is 2.37. The molecular weight excluding hydrogens is 364 g/mol. The van der Waals surface area contributed by atoms with E-state index in [4.69, 9.17) is 14.2 Å². The molecule has 28 heavy (non-hydrogen) atoms. The highest BCUT2D eigenvalue weighted by molar-refractivity contribution is 6.09. The Morgan fingerprint density at radius 2 is 2.07 bits per heavy atom. The van der Waals surface area contributed by atoms with E-state index in [0.29, 0.717) is 37.0 Å². The summed E-state index contributed by atoms with van der Waals surface area (Å²) in [6.07, 6.45) is -0.439. The van der Waals surface area contributed by atoms with Crippen LogP contribution < -0.4 is 19.8 Å². The van der Waals surface area contributed by atoms with Crippen LogP contribution in [0.2, 0.25) is 0 Å². The third-order valence-corrected chi connectivity index (χ3v) is 4.69. The topological polar surface area (TPSA) is 92.7 Å². The van der Waals surface area contributed by atoms with Crippen LogP contribution in [0, 0.1) is 0 Å². The van der Waals surface area contributed by atoms with Crippen LogP contribution in [0.15, 0.2) is 23.3 Å². The van der Waals surface area contributed by atoms with E-state index in [-0.39, 0.29) is 18.1 Å². The number of carbonyl (C=O) groups is 2. The minimum Gasteiger partial charge on any atom is -0.487 e. The van der Waals surface area contributed by atoms with Crippen molar-refractivity contribution in [1.82, 2.24) is 10.3 Å². The van der Waals surface area contributed by atoms with E-state index in [0.717, 1.165) is 5.69 Å². The number of hydrogen-bond acceptors (Lipinski definition) is 7. The third-order valence-electron chi connectivity index (χ3n) is 4.69. The minimum atomic E-state index is -0.516. The molecule has 150 valence electrons. The van der Waals surface area contributed by atoms with Gasteiger partial charge in [-0.3, -0.25) is 4.79 Å². The molecule has 0 aliphatic carbocycles. The second-order valence-corrected chi connectivity index (χ2v) is 8.09. The van der Waals surface area contributed by atoms with Crippen molar-refractivity contribution in [2.24, 2.45) is 5.10 Å². The number of ether oxygens (including phenoxy) is 3. The number of hydrazone groups is 1. The van der Waals surface area contributed by atoms with Crippen molar-refractivity contribution in [3.63, 3.8) is 0 Å². The van der Waals surface area contributed by atoms with E-state index in [1.807, 2.05) is 50.8 Å². The molecule has 2 amide bonds. The van der Waals surface area contributed by atoms with Gasteiger partial charge in [0.25, 0.3) is 5.91 Å². The predicted octanol–water partition coefficient (Wildman–Crippen LogP) is 1.72. The summed E-state index contributed by atoms with van der Waals surface area (Å²) in [7, 11) is 0. The van der Waals surface area contributed by atoms with Crippen LogP contribution in [-0.2, 0) is 9.53 Å². The van der Waals surface area contributed by atoms with E-state index in [2.05, 4.69) is 10.5 Å². The lowest BCUT2D eigenvalue weighted by Gasteiger charge is -2.40. The van der Waals surface area contributed by atoms with Crippen molar-refractivity contribution in [3.8, 4) is 11.5 Å². The van der Waals surface area contributed by atoms with E-state index < -0.39 is 11.6 Å². The maximum absolute atomic E-state index is 12.0. The Hall–Kier alpha value is -2.97. The summed E-state index contributed by atoms with van der Waals surface area (Å²) in [5.74, 6) is 1.80. The maximum atomic E-state index is 12.0. The minimum absolute atomic E-state index is 0.106. The maximum Gasteiger partial charge on any atom is 0.410 e. The molecule has 1 unspecified atom stereocenters. The Morgan fingerprint density at radius 3 is 2.79 bits per heavy atom. The predicted molar refractivity (Wildman–Crippen MR) is 102 cm³/mol. The Kier molecular flexibility index (Phi) is 4.32. The number of benzene rings is 1. The van der Waals surface area contributed by atoms with Crippen LogP contribution in [0.3, 0.4) is 0 Å². The summed E-state index contributed by atoms with van der Waals surface area (Å²) in [6.45, 7) is 8.58. The summed E-state index contributed by atoms with van der Waals surface area (Å²) in [5, 5.41) is 4.08. The number of anilines is 1. The Bertz CT molecular complexity index is 841. The highest BCUT2D eigenvalue weighted by atomic mass is 16.6. The average molecular weight is 388 g/mol. The molecule has 1 aromatic carbocycles. The van der Waals surface area contributed by atoms with Crippen molar-refractivity contribution in [1.29, 1.82) is 0 Å². The molecule has 9 nitrogen and oxygen atoms in total. The smallest absolute Gasteiger partial charge is 0.410 e. The second kappa shape index (κ2) is 6.57. The first-order valence-electron chi connectivity index (χ1n) is 9.28. The van der Waals surface area contributed by atoms with Crippen LogP contribution in [0.25, 0.3) is 0 Å². The van der Waals surface area contributed by atoms with Crippen molar-refractivity contribution >= 4 is 23.5 Å². The van der Waals surface area contributed by atoms with Gasteiger partial charge in [0.05, 0.1) is 18.8 Å². The van der Waals surface area contributed by atoms with Gasteiger partial charge in [-0.25, -0.2) is 10.2 Å². The largest absolute Gasteiger partial charge is 0.487 e. The molecule has 0 aromatic heterocycles. The van der Waals surface area contributed by atoms with E-state index in [9.17, 15) is 9.59 Å². The number of rotatable bonds is 2. The van der Waals surface area contributed by atoms with Gasteiger partial charge in [-0.15, -0.1) is 0 Å². The first-order chi connectivity index (χ1) is 13.2. The van der Waals surface area contributed by atoms with Gasteiger partial charge in [-0.05, 0) is 39.8 Å². The molecule has 3 aliphatic heterocycles. The number of nitrogens with zero attached hydrogens (tertiary/aromatic N) is 3. The molecule has 1 aromatic rings. The standard InChI is InChI=1S/C19H24N4O5/c1-11-17(24)21-20-16-10-26-15-6-5-12(7-14(15)23(11)16)27-13-8-22(9-13)18(25)28-19(2,3)4/h5-7,11,13H,8-10H2,1-4H3,(H,21,24). The summed E-state index contributed by atoms with van der Waals surface area (Å²) in [5.41, 5.74) is 2.73. The van der Waals surface area contributed by atoms with Crippen molar-refractivity contribution in [3.05, 3.63) is 18.2 Å². The van der Waals surface area contributed by atoms with Crippen LogP contribution >= 0.6 is 0 Å². The number of nitrogens with one attached hydrogen (secondary N) is 1. The fourth-order valence-corrected chi connectivity index (χ4v) is 3.26. The van der Waals surface area contributed by atoms with Crippen LogP contribution in [0.5, 0.6) is 11.5 Å². The molecule has 0 saturated carbocycles. The van der Waals surface area contributed by atoms with Gasteiger partial charge < -0.3 is 24.0 Å². The van der Waals surface area contributed by atoms with Crippen LogP contribution in [0.4, 0.5) is 10.5 Å². The number of fused-ring (bicyclic) bond motifs is 3. The molecule has 4 rings (SSSR count). The van der Waals surface area contributed by atoms with Crippen molar-refractivity contribution < 1.29 is 23.8 Å². The summed E-state index contributed by atoms with van der Waals surface area (Å²) >= 11 is 0. The zero-order chi connectivity index (χ0) is 20.1. The first kappa shape index (κ1) is 18.4. The lowest BCUT2D eigenvalue weighted by Crippen LogP contribution is -2.57. The third kappa shape index (κ3) is 3.44. The van der Waals surface area contributed by atoms with Crippen LogP contribution in [0.1, 0.15) is 27.7 Å². The fraction of sp³-hybridized carbons (Fsp3) is 0.526. The highest BCUT2D eigenvalue weighted by Crippen LogP contribution is 2.38. The number of hydrogen-bond donors (Lipinski definition) is 1. The molecule has 9 heteroatoms. The number of likely N-dealkylation sites (tertiary alicyclic amines) is 1. The molecular formula is C19H24N4O5. The second-order valence-electron chi connectivity index (χ2n) is 8.09. The van der Waals surface area contributed by atoms with E-state index in [1.165, 1.54) is 0 Å². The zero-order valence-corrected chi connectivity index (χ0v) is 16.4. The lowest BCUT2D eigenvalue weighted by molar-refractivity contribution is -0.122. The van der Waals surface area contributed by atoms with Crippen molar-refractivity contribution in [2.75, 3.05) is 24.6 Å². The molecule has 1 fully saturated rings. The molecule has 0 radical (unpaired) electrons. The SMILES string of the molecule is CC1C(=O)NN=C2COc3ccc(OC4CN(C(=O)OC(C)(C)C)C4)cc3N21. The van der Waals surface area contributed by atoms with Gasteiger partial charge in [0.2, 0.25) is 0 Å². The molecule has 0 spiro atoms. The summed E-state index contributed by atoms with van der Waals surface area (Å²) in [6, 6.07) is 5.10. The lowest BCUT2D eigenvalue weighted by atomic mass is 10.1. The Balaban J connectivity index is 1.43. The van der Waals surface area contributed by atoms with Crippen molar-refractivity contribution in [2.45, 2.75) is 45.4 Å². The fourth-order valence-electron chi connectivity index (χ4n) is 3.26. The molecule has 1 saturated heterocycles. The van der Waals surface area contributed by atoms with E-state index in [1.54, 1.807) is 4.90 Å². The van der Waals surface area contributed by atoms with Crippen LogP contribution in [-0.4, -0.2) is 60.2 Å². The first-order valence-corrected chi connectivity index (χ1v) is 9.28. The van der Waals surface area contributed by atoms with Gasteiger partial charge in [-0.1, -0.05) is 0 Å². The summed E-state index contributed by atoms with van der Waals surface area (Å²) in [4.78, 5) is 27.5. The van der Waals surface area contributed by atoms with Gasteiger partial charge in [-0.2, -0.15) is 5.10 Å². The molecule has 1 N–H and O–H groups in total. The zero-order valence-electron chi connectivity index (χ0n) is 16.4. The Labute approximate surface area is 163 Å². The molecule has 1 atom stereocenters. The number of carbonyl (C=O) groups excluding carboxylic acids is 2. The average Bonchev–Trinajstić information content (AvgIpc) is 2.58. The van der Waals surface area contributed by atoms with Gasteiger partial charge in [0.1, 0.15) is 35.9 Å². The van der Waals surface area contributed by atoms with Gasteiger partial charge in [0.15, 0.2) is 5.84 Å². The quantitative estimate of drug-likeness (QED) is 0.829. The number of amidine groups is 1. The molecule has 3 heterocycles. The van der Waals surface area contributed by atoms with E-state index >= 15 is 0 Å².